The molecule has 0 aromatic heterocycles. The molecule has 0 spiro atoms. The van der Waals surface area contributed by atoms with Gasteiger partial charge in [-0.1, -0.05) is 12.1 Å². The van der Waals surface area contributed by atoms with E-state index in [0.717, 1.165) is 24.5 Å². The monoisotopic (exact) mass is 263 g/mol. The second-order valence-corrected chi connectivity index (χ2v) is 5.52. The zero-order valence-electron chi connectivity index (χ0n) is 11.9. The van der Waals surface area contributed by atoms with Gasteiger partial charge in [-0.3, -0.25) is 0 Å². The second kappa shape index (κ2) is 6.92. The lowest BCUT2D eigenvalue weighted by atomic mass is 10.0. The highest BCUT2D eigenvalue weighted by Crippen LogP contribution is 2.41. The van der Waals surface area contributed by atoms with Crippen LogP contribution in [0.15, 0.2) is 24.3 Å². The number of aliphatic hydroxyl groups is 1. The molecule has 1 aromatic carbocycles. The minimum Gasteiger partial charge on any atom is -0.497 e. The summed E-state index contributed by atoms with van der Waals surface area (Å²) in [5.74, 6) is 1.68. The highest BCUT2D eigenvalue weighted by molar-refractivity contribution is 5.30. The Bertz CT molecular complexity index is 373. The van der Waals surface area contributed by atoms with Crippen molar-refractivity contribution < 1.29 is 9.84 Å². The Kier molecular flexibility index (Phi) is 5.23. The van der Waals surface area contributed by atoms with Crippen molar-refractivity contribution in [3.63, 3.8) is 0 Å². The van der Waals surface area contributed by atoms with Gasteiger partial charge in [-0.2, -0.15) is 0 Å². The first-order chi connectivity index (χ1) is 9.24. The van der Waals surface area contributed by atoms with E-state index >= 15 is 0 Å². The van der Waals surface area contributed by atoms with E-state index < -0.39 is 0 Å². The Morgan fingerprint density at radius 2 is 2.00 bits per heavy atom. The lowest BCUT2D eigenvalue weighted by molar-refractivity contribution is 0.272. The van der Waals surface area contributed by atoms with Crippen molar-refractivity contribution >= 4 is 0 Å². The molecule has 2 unspecified atom stereocenters. The Balaban J connectivity index is 1.98. The molecular formula is C16H25NO2. The molecule has 0 heterocycles. The van der Waals surface area contributed by atoms with Crippen molar-refractivity contribution in [2.75, 3.05) is 13.7 Å². The van der Waals surface area contributed by atoms with Gasteiger partial charge in [0.2, 0.25) is 0 Å². The van der Waals surface area contributed by atoms with E-state index in [4.69, 9.17) is 9.84 Å². The number of hydrogen-bond donors (Lipinski definition) is 2. The van der Waals surface area contributed by atoms with Crippen molar-refractivity contribution in [3.05, 3.63) is 29.8 Å². The van der Waals surface area contributed by atoms with E-state index in [2.05, 4.69) is 24.4 Å². The van der Waals surface area contributed by atoms with Crippen LogP contribution in [0.2, 0.25) is 0 Å². The van der Waals surface area contributed by atoms with Gasteiger partial charge in [-0.15, -0.1) is 0 Å². The van der Waals surface area contributed by atoms with Crippen molar-refractivity contribution in [1.29, 1.82) is 0 Å². The van der Waals surface area contributed by atoms with Crippen LogP contribution < -0.4 is 10.1 Å². The fourth-order valence-electron chi connectivity index (χ4n) is 2.53. The van der Waals surface area contributed by atoms with Gasteiger partial charge < -0.3 is 15.2 Å². The fourth-order valence-corrected chi connectivity index (χ4v) is 2.53. The molecule has 0 radical (unpaired) electrons. The number of benzene rings is 1. The molecule has 0 amide bonds. The third-order valence-electron chi connectivity index (χ3n) is 3.83. The number of methoxy groups -OCH3 is 1. The lowest BCUT2D eigenvalue weighted by Crippen LogP contribution is -2.32. The van der Waals surface area contributed by atoms with Gasteiger partial charge in [-0.25, -0.2) is 0 Å². The summed E-state index contributed by atoms with van der Waals surface area (Å²) in [4.78, 5) is 0. The van der Waals surface area contributed by atoms with E-state index in [0.29, 0.717) is 12.1 Å². The molecule has 106 valence electrons. The molecule has 0 bridgehead atoms. The number of hydrogen-bond acceptors (Lipinski definition) is 3. The topological polar surface area (TPSA) is 41.5 Å². The maximum Gasteiger partial charge on any atom is 0.118 e. The summed E-state index contributed by atoms with van der Waals surface area (Å²) >= 11 is 0. The molecule has 1 saturated carbocycles. The maximum absolute atomic E-state index is 8.90. The standard InChI is InChI=1S/C16H25NO2/c1-12(4-3-11-18)17-16(13-5-6-13)14-7-9-15(19-2)10-8-14/h7-10,12-13,16-18H,3-6,11H2,1-2H3. The summed E-state index contributed by atoms with van der Waals surface area (Å²) in [6.45, 7) is 2.48. The summed E-state index contributed by atoms with van der Waals surface area (Å²) in [7, 11) is 1.70. The van der Waals surface area contributed by atoms with Crippen LogP contribution in [-0.4, -0.2) is 24.9 Å². The fraction of sp³-hybridized carbons (Fsp3) is 0.625. The van der Waals surface area contributed by atoms with Crippen LogP contribution in [0.3, 0.4) is 0 Å². The van der Waals surface area contributed by atoms with E-state index in [1.807, 2.05) is 12.1 Å². The predicted octanol–water partition coefficient (Wildman–Crippen LogP) is 2.90. The van der Waals surface area contributed by atoms with E-state index in [-0.39, 0.29) is 6.61 Å². The number of nitrogens with one attached hydrogen (secondary N) is 1. The van der Waals surface area contributed by atoms with Gasteiger partial charge in [0, 0.05) is 18.7 Å². The molecule has 0 saturated heterocycles. The van der Waals surface area contributed by atoms with Gasteiger partial charge >= 0.3 is 0 Å². The Morgan fingerprint density at radius 1 is 1.32 bits per heavy atom. The molecule has 2 atom stereocenters. The van der Waals surface area contributed by atoms with E-state index in [1.165, 1.54) is 18.4 Å². The molecule has 3 heteroatoms. The van der Waals surface area contributed by atoms with Crippen LogP contribution >= 0.6 is 0 Å². The molecule has 1 aliphatic carbocycles. The number of ether oxygens (including phenoxy) is 1. The van der Waals surface area contributed by atoms with Crippen LogP contribution in [-0.2, 0) is 0 Å². The van der Waals surface area contributed by atoms with Crippen LogP contribution in [0, 0.1) is 5.92 Å². The molecule has 0 aliphatic heterocycles. The number of aliphatic hydroxyl groups excluding tert-OH is 1. The highest BCUT2D eigenvalue weighted by Gasteiger charge is 2.32. The smallest absolute Gasteiger partial charge is 0.118 e. The van der Waals surface area contributed by atoms with Crippen molar-refractivity contribution in [1.82, 2.24) is 5.32 Å². The molecule has 2 N–H and O–H groups in total. The molecule has 19 heavy (non-hydrogen) atoms. The van der Waals surface area contributed by atoms with Crippen molar-refractivity contribution in [2.24, 2.45) is 5.92 Å². The van der Waals surface area contributed by atoms with Crippen LogP contribution in [0.25, 0.3) is 0 Å². The number of rotatable bonds is 8. The molecule has 1 fully saturated rings. The van der Waals surface area contributed by atoms with Gasteiger partial charge in [0.05, 0.1) is 7.11 Å². The average molecular weight is 263 g/mol. The summed E-state index contributed by atoms with van der Waals surface area (Å²) in [6.07, 6.45) is 4.52. The normalized spacial score (nSPS) is 18.1. The van der Waals surface area contributed by atoms with E-state index in [9.17, 15) is 0 Å². The van der Waals surface area contributed by atoms with Gasteiger partial charge in [0.25, 0.3) is 0 Å². The van der Waals surface area contributed by atoms with Gasteiger partial charge in [0.15, 0.2) is 0 Å². The van der Waals surface area contributed by atoms with Crippen molar-refractivity contribution in [2.45, 2.75) is 44.7 Å². The minimum absolute atomic E-state index is 0.280. The van der Waals surface area contributed by atoms with Crippen LogP contribution in [0.5, 0.6) is 5.75 Å². The predicted molar refractivity (Wildman–Crippen MR) is 77.4 cm³/mol. The summed E-state index contributed by atoms with van der Waals surface area (Å²) in [6, 6.07) is 9.27. The zero-order valence-corrected chi connectivity index (χ0v) is 11.9. The Hall–Kier alpha value is -1.06. The summed E-state index contributed by atoms with van der Waals surface area (Å²) in [5, 5.41) is 12.6. The largest absolute Gasteiger partial charge is 0.497 e. The highest BCUT2D eigenvalue weighted by atomic mass is 16.5. The molecule has 2 rings (SSSR count). The van der Waals surface area contributed by atoms with Crippen molar-refractivity contribution in [3.8, 4) is 5.75 Å². The first-order valence-corrected chi connectivity index (χ1v) is 7.25. The summed E-state index contributed by atoms with van der Waals surface area (Å²) < 4.78 is 5.21. The van der Waals surface area contributed by atoms with Crippen LogP contribution in [0.4, 0.5) is 0 Å². The average Bonchev–Trinajstić information content (AvgIpc) is 3.27. The van der Waals surface area contributed by atoms with E-state index in [1.54, 1.807) is 7.11 Å². The first-order valence-electron chi connectivity index (χ1n) is 7.25. The van der Waals surface area contributed by atoms with Crippen LogP contribution in [0.1, 0.15) is 44.2 Å². The molecule has 3 nitrogen and oxygen atoms in total. The summed E-state index contributed by atoms with van der Waals surface area (Å²) in [5.41, 5.74) is 1.35. The Morgan fingerprint density at radius 3 is 2.53 bits per heavy atom. The first kappa shape index (κ1) is 14.4. The van der Waals surface area contributed by atoms with Gasteiger partial charge in [0.1, 0.15) is 5.75 Å². The quantitative estimate of drug-likeness (QED) is 0.758. The lowest BCUT2D eigenvalue weighted by Gasteiger charge is -2.24. The zero-order chi connectivity index (χ0) is 13.7. The minimum atomic E-state index is 0.280. The molecule has 1 aliphatic rings. The SMILES string of the molecule is COc1ccc(C(NC(C)CCCO)C2CC2)cc1. The third-order valence-corrected chi connectivity index (χ3v) is 3.83. The molecular weight excluding hydrogens is 238 g/mol. The molecule has 1 aromatic rings. The second-order valence-electron chi connectivity index (χ2n) is 5.52. The third kappa shape index (κ3) is 4.22. The Labute approximate surface area is 116 Å². The maximum atomic E-state index is 8.90. The van der Waals surface area contributed by atoms with Gasteiger partial charge in [-0.05, 0) is 56.2 Å².